The van der Waals surface area contributed by atoms with E-state index in [-0.39, 0.29) is 11.8 Å². The van der Waals surface area contributed by atoms with Crippen LogP contribution in [-0.4, -0.2) is 43.9 Å². The van der Waals surface area contributed by atoms with Crippen LogP contribution in [0, 0.1) is 17.3 Å². The Morgan fingerprint density at radius 3 is 2.04 bits per heavy atom. The molecule has 0 bridgehead atoms. The van der Waals surface area contributed by atoms with Crippen LogP contribution in [0.25, 0.3) is 0 Å². The normalized spacial score (nSPS) is 24.6. The molecule has 2 saturated heterocycles. The fraction of sp³-hybridized carbons (Fsp3) is 0.818. The van der Waals surface area contributed by atoms with E-state index in [4.69, 9.17) is 4.74 Å². The lowest BCUT2D eigenvalue weighted by Gasteiger charge is -2.39. The summed E-state index contributed by atoms with van der Waals surface area (Å²) in [6.45, 7) is 9.59. The van der Waals surface area contributed by atoms with Gasteiger partial charge in [-0.1, -0.05) is 31.6 Å². The van der Waals surface area contributed by atoms with Crippen LogP contribution in [0.5, 0.6) is 0 Å². The van der Waals surface area contributed by atoms with Crippen LogP contribution in [0.4, 0.5) is 13.2 Å². The molecule has 0 spiro atoms. The summed E-state index contributed by atoms with van der Waals surface area (Å²) >= 11 is 0. The monoisotopic (exact) mass is 385 g/mol. The Morgan fingerprint density at radius 2 is 1.48 bits per heavy atom. The summed E-state index contributed by atoms with van der Waals surface area (Å²) < 4.78 is 43.9. The van der Waals surface area contributed by atoms with Gasteiger partial charge < -0.3 is 9.64 Å². The zero-order chi connectivity index (χ0) is 19.5. The van der Waals surface area contributed by atoms with Crippen molar-refractivity contribution < 1.29 is 17.9 Å². The maximum Gasteiger partial charge on any atom is 0.412 e. The number of rotatable bonds is 5. The Balaban J connectivity index is 1.46. The molecule has 0 aromatic heterocycles. The van der Waals surface area contributed by atoms with Crippen molar-refractivity contribution in [1.29, 1.82) is 0 Å². The van der Waals surface area contributed by atoms with Crippen molar-refractivity contribution in [2.24, 2.45) is 17.3 Å². The van der Waals surface area contributed by atoms with Gasteiger partial charge >= 0.3 is 6.18 Å². The molecule has 0 atom stereocenters. The van der Waals surface area contributed by atoms with Gasteiger partial charge in [-0.2, -0.15) is 13.2 Å². The second kappa shape index (κ2) is 8.69. The highest BCUT2D eigenvalue weighted by Crippen LogP contribution is 2.40. The summed E-state index contributed by atoms with van der Waals surface area (Å²) in [5.74, 6) is 1.70. The molecule has 0 aromatic rings. The Bertz CT molecular complexity index is 550. The van der Waals surface area contributed by atoms with Gasteiger partial charge in [-0.15, -0.1) is 0 Å². The van der Waals surface area contributed by atoms with E-state index >= 15 is 0 Å². The van der Waals surface area contributed by atoms with Crippen LogP contribution < -0.4 is 0 Å². The SMILES string of the molecule is CC(C)(CCN1CCC(C2CCOCC2)CC1)C1=CC=C(C(F)(F)F)CC1. The van der Waals surface area contributed by atoms with Crippen LogP contribution in [0.15, 0.2) is 23.3 Å². The molecule has 2 nitrogen and oxygen atoms in total. The maximum atomic E-state index is 12.8. The standard InChI is InChI=1S/C22H34F3NO/c1-21(2,19-3-5-20(6-4-19)22(23,24)25)11-14-26-12-7-17(8-13-26)18-9-15-27-16-10-18/h3,5,17-18H,4,6-16H2,1-2H3. The highest BCUT2D eigenvalue weighted by Gasteiger charge is 2.36. The number of halogens is 3. The van der Waals surface area contributed by atoms with Crippen molar-refractivity contribution in [2.75, 3.05) is 32.8 Å². The first-order chi connectivity index (χ1) is 12.8. The van der Waals surface area contributed by atoms with Gasteiger partial charge in [0.15, 0.2) is 0 Å². The zero-order valence-electron chi connectivity index (χ0n) is 16.8. The Labute approximate surface area is 161 Å². The largest absolute Gasteiger partial charge is 0.412 e. The van der Waals surface area contributed by atoms with Gasteiger partial charge in [-0.3, -0.25) is 0 Å². The van der Waals surface area contributed by atoms with Gasteiger partial charge in [0.1, 0.15) is 0 Å². The van der Waals surface area contributed by atoms with Gasteiger partial charge in [-0.25, -0.2) is 0 Å². The van der Waals surface area contributed by atoms with Crippen molar-refractivity contribution in [3.05, 3.63) is 23.3 Å². The quantitative estimate of drug-likeness (QED) is 0.597. The van der Waals surface area contributed by atoms with Gasteiger partial charge in [0.2, 0.25) is 0 Å². The molecule has 0 aromatic carbocycles. The third-order valence-electron chi connectivity index (χ3n) is 7.00. The molecule has 2 fully saturated rings. The molecule has 0 N–H and O–H groups in total. The molecule has 0 amide bonds. The molecule has 0 saturated carbocycles. The van der Waals surface area contributed by atoms with Gasteiger partial charge in [-0.05, 0) is 81.8 Å². The van der Waals surface area contributed by atoms with Crippen LogP contribution in [0.2, 0.25) is 0 Å². The van der Waals surface area contributed by atoms with Crippen molar-refractivity contribution in [3.63, 3.8) is 0 Å². The lowest BCUT2D eigenvalue weighted by molar-refractivity contribution is -0.0942. The highest BCUT2D eigenvalue weighted by molar-refractivity contribution is 5.29. The van der Waals surface area contributed by atoms with Crippen molar-refractivity contribution in [1.82, 2.24) is 4.90 Å². The first kappa shape index (κ1) is 20.9. The van der Waals surface area contributed by atoms with Crippen LogP contribution in [0.3, 0.4) is 0 Å². The number of ether oxygens (including phenoxy) is 1. The first-order valence-corrected chi connectivity index (χ1v) is 10.5. The third kappa shape index (κ3) is 5.60. The Hall–Kier alpha value is -0.810. The van der Waals surface area contributed by atoms with Crippen LogP contribution in [-0.2, 0) is 4.74 Å². The number of hydrogen-bond donors (Lipinski definition) is 0. The van der Waals surface area contributed by atoms with Gasteiger partial charge in [0, 0.05) is 18.8 Å². The summed E-state index contributed by atoms with van der Waals surface area (Å²) in [6, 6.07) is 0. The fourth-order valence-electron chi connectivity index (χ4n) is 4.87. The van der Waals surface area contributed by atoms with E-state index in [1.165, 1.54) is 31.8 Å². The minimum absolute atomic E-state index is 0.0365. The lowest BCUT2D eigenvalue weighted by Crippen LogP contribution is -2.39. The summed E-state index contributed by atoms with van der Waals surface area (Å²) in [5.41, 5.74) is 0.732. The molecular formula is C22H34F3NO. The average Bonchev–Trinajstić information content (AvgIpc) is 2.67. The van der Waals surface area contributed by atoms with Crippen molar-refractivity contribution in [2.45, 2.75) is 65.0 Å². The second-order valence-electron chi connectivity index (χ2n) is 9.14. The van der Waals surface area contributed by atoms with E-state index in [1.54, 1.807) is 6.08 Å². The molecule has 154 valence electrons. The number of allylic oxidation sites excluding steroid dienone is 4. The van der Waals surface area contributed by atoms with E-state index < -0.39 is 11.7 Å². The summed E-state index contributed by atoms with van der Waals surface area (Å²) in [6.07, 6.45) is 5.51. The average molecular weight is 386 g/mol. The number of piperidine rings is 1. The number of likely N-dealkylation sites (tertiary alicyclic amines) is 1. The van der Waals surface area contributed by atoms with Crippen molar-refractivity contribution in [3.8, 4) is 0 Å². The molecule has 3 aliphatic rings. The van der Waals surface area contributed by atoms with E-state index in [1.807, 2.05) is 0 Å². The van der Waals surface area contributed by atoms with Crippen LogP contribution >= 0.6 is 0 Å². The Morgan fingerprint density at radius 1 is 0.926 bits per heavy atom. The number of hydrogen-bond acceptors (Lipinski definition) is 2. The summed E-state index contributed by atoms with van der Waals surface area (Å²) in [4.78, 5) is 2.55. The first-order valence-electron chi connectivity index (χ1n) is 10.5. The van der Waals surface area contributed by atoms with E-state index in [0.29, 0.717) is 6.42 Å². The van der Waals surface area contributed by atoms with Gasteiger partial charge in [0.05, 0.1) is 0 Å². The van der Waals surface area contributed by atoms with E-state index in [9.17, 15) is 13.2 Å². The lowest BCUT2D eigenvalue weighted by atomic mass is 9.76. The van der Waals surface area contributed by atoms with Crippen molar-refractivity contribution >= 4 is 0 Å². The van der Waals surface area contributed by atoms with E-state index in [0.717, 1.165) is 56.7 Å². The Kier molecular flexibility index (Phi) is 6.73. The predicted molar refractivity (Wildman–Crippen MR) is 103 cm³/mol. The molecular weight excluding hydrogens is 351 g/mol. The maximum absolute atomic E-state index is 12.8. The zero-order valence-corrected chi connectivity index (χ0v) is 16.8. The highest BCUT2D eigenvalue weighted by atomic mass is 19.4. The topological polar surface area (TPSA) is 12.5 Å². The molecule has 27 heavy (non-hydrogen) atoms. The minimum atomic E-state index is -4.18. The smallest absolute Gasteiger partial charge is 0.381 e. The molecule has 0 unspecified atom stereocenters. The summed E-state index contributed by atoms with van der Waals surface area (Å²) in [5, 5.41) is 0. The molecule has 3 rings (SSSR count). The molecule has 1 aliphatic carbocycles. The van der Waals surface area contributed by atoms with E-state index in [2.05, 4.69) is 18.7 Å². The van der Waals surface area contributed by atoms with Crippen LogP contribution in [0.1, 0.15) is 58.8 Å². The molecule has 2 aliphatic heterocycles. The second-order valence-corrected chi connectivity index (χ2v) is 9.14. The minimum Gasteiger partial charge on any atom is -0.381 e. The number of nitrogens with zero attached hydrogens (tertiary/aromatic N) is 1. The molecule has 2 heterocycles. The molecule has 0 radical (unpaired) electrons. The number of alkyl halides is 3. The predicted octanol–water partition coefficient (Wildman–Crippen LogP) is 5.75. The van der Waals surface area contributed by atoms with Gasteiger partial charge in [0.25, 0.3) is 0 Å². The fourth-order valence-corrected chi connectivity index (χ4v) is 4.87. The molecule has 5 heteroatoms. The third-order valence-corrected chi connectivity index (χ3v) is 7.00. The summed E-state index contributed by atoms with van der Waals surface area (Å²) in [7, 11) is 0.